The second kappa shape index (κ2) is 5.25. The van der Waals surface area contributed by atoms with E-state index in [1.54, 1.807) is 11.3 Å². The lowest BCUT2D eigenvalue weighted by Gasteiger charge is -2.19. The zero-order valence-electron chi connectivity index (χ0n) is 12.7. The van der Waals surface area contributed by atoms with Crippen molar-refractivity contribution < 1.29 is 4.42 Å². The van der Waals surface area contributed by atoms with Crippen molar-refractivity contribution >= 4 is 16.9 Å². The molecule has 1 aromatic carbocycles. The lowest BCUT2D eigenvalue weighted by atomic mass is 9.87. The topological polar surface area (TPSA) is 26.0 Å². The van der Waals surface area contributed by atoms with Crippen LogP contribution in [0.5, 0.6) is 0 Å². The monoisotopic (exact) mass is 307 g/mol. The first-order chi connectivity index (χ1) is 10.7. The zero-order chi connectivity index (χ0) is 15.1. The predicted molar refractivity (Wildman–Crippen MR) is 90.3 cm³/mol. The van der Waals surface area contributed by atoms with E-state index in [9.17, 15) is 0 Å². The molecule has 0 bridgehead atoms. The third-order valence-electron chi connectivity index (χ3n) is 4.10. The van der Waals surface area contributed by atoms with Gasteiger partial charge in [0, 0.05) is 29.7 Å². The van der Waals surface area contributed by atoms with Gasteiger partial charge in [-0.15, -0.1) is 11.3 Å². The number of fused-ring (bicyclic) bond motifs is 1. The van der Waals surface area contributed by atoms with Crippen LogP contribution in [-0.4, -0.2) is 4.98 Å². The van der Waals surface area contributed by atoms with Crippen LogP contribution in [0.2, 0.25) is 0 Å². The molecular formula is C19H17NOS. The second-order valence-electron chi connectivity index (χ2n) is 5.78. The first kappa shape index (κ1) is 13.5. The van der Waals surface area contributed by atoms with Gasteiger partial charge in [0.2, 0.25) is 0 Å². The molecule has 0 N–H and O–H groups in total. The minimum atomic E-state index is 0.371. The van der Waals surface area contributed by atoms with Crippen LogP contribution in [0.25, 0.3) is 5.57 Å². The fourth-order valence-corrected chi connectivity index (χ4v) is 3.81. The van der Waals surface area contributed by atoms with Crippen molar-refractivity contribution in [3.63, 3.8) is 0 Å². The van der Waals surface area contributed by atoms with Crippen molar-refractivity contribution in [1.29, 1.82) is 0 Å². The van der Waals surface area contributed by atoms with Crippen LogP contribution < -0.4 is 0 Å². The summed E-state index contributed by atoms with van der Waals surface area (Å²) in [7, 11) is 0. The molecule has 0 aliphatic heterocycles. The van der Waals surface area contributed by atoms with Gasteiger partial charge in [-0.3, -0.25) is 0 Å². The number of hydrogen-bond acceptors (Lipinski definition) is 3. The molecule has 0 saturated carbocycles. The number of thiophene rings is 1. The number of rotatable bonds is 2. The molecule has 110 valence electrons. The van der Waals surface area contributed by atoms with Crippen molar-refractivity contribution in [3.05, 3.63) is 81.2 Å². The molecule has 2 aromatic heterocycles. The average Bonchev–Trinajstić information content (AvgIpc) is 3.15. The molecule has 1 unspecified atom stereocenters. The summed E-state index contributed by atoms with van der Waals surface area (Å²) in [4.78, 5) is 5.99. The molecule has 0 radical (unpaired) electrons. The molecule has 0 amide bonds. The van der Waals surface area contributed by atoms with Gasteiger partial charge in [0.05, 0.1) is 0 Å². The molecule has 3 heteroatoms. The molecule has 0 fully saturated rings. The normalized spacial score (nSPS) is 17.2. The van der Waals surface area contributed by atoms with E-state index in [1.165, 1.54) is 21.6 Å². The number of aryl methyl sites for hydroxylation is 2. The third-order valence-corrected chi connectivity index (χ3v) is 5.11. The maximum Gasteiger partial charge on any atom is 0.191 e. The third kappa shape index (κ3) is 2.32. The maximum atomic E-state index is 5.86. The van der Waals surface area contributed by atoms with Crippen LogP contribution in [0.4, 0.5) is 0 Å². The van der Waals surface area contributed by atoms with Gasteiger partial charge >= 0.3 is 0 Å². The number of oxazole rings is 1. The summed E-state index contributed by atoms with van der Waals surface area (Å²) in [5.74, 6) is 2.12. The van der Waals surface area contributed by atoms with E-state index in [1.807, 2.05) is 6.92 Å². The molecule has 3 aromatic rings. The first-order valence-corrected chi connectivity index (χ1v) is 8.37. The Hall–Kier alpha value is -2.13. The van der Waals surface area contributed by atoms with E-state index in [-0.39, 0.29) is 0 Å². The molecule has 1 aliphatic rings. The van der Waals surface area contributed by atoms with Gasteiger partial charge in [0.1, 0.15) is 11.5 Å². The maximum absolute atomic E-state index is 5.86. The highest BCUT2D eigenvalue weighted by Crippen LogP contribution is 2.39. The van der Waals surface area contributed by atoms with Crippen molar-refractivity contribution in [2.75, 3.05) is 0 Å². The smallest absolute Gasteiger partial charge is 0.191 e. The van der Waals surface area contributed by atoms with Gasteiger partial charge in [-0.25, -0.2) is 4.98 Å². The Kier molecular flexibility index (Phi) is 3.23. The fourth-order valence-electron chi connectivity index (χ4n) is 3.01. The van der Waals surface area contributed by atoms with Gasteiger partial charge in [-0.05, 0) is 23.9 Å². The van der Waals surface area contributed by atoms with Gasteiger partial charge < -0.3 is 4.42 Å². The summed E-state index contributed by atoms with van der Waals surface area (Å²) in [6, 6.07) is 13.0. The van der Waals surface area contributed by atoms with Crippen LogP contribution in [0, 0.1) is 13.8 Å². The minimum absolute atomic E-state index is 0.371. The van der Waals surface area contributed by atoms with E-state index in [0.29, 0.717) is 5.92 Å². The van der Waals surface area contributed by atoms with Crippen LogP contribution in [-0.2, 0) is 6.42 Å². The van der Waals surface area contributed by atoms with Crippen molar-refractivity contribution in [2.45, 2.75) is 26.2 Å². The van der Waals surface area contributed by atoms with Crippen LogP contribution >= 0.6 is 11.3 Å². The highest BCUT2D eigenvalue weighted by atomic mass is 32.1. The average molecular weight is 307 g/mol. The summed E-state index contributed by atoms with van der Waals surface area (Å²) in [5.41, 5.74) is 4.68. The largest absolute Gasteiger partial charge is 0.445 e. The Morgan fingerprint density at radius 2 is 1.95 bits per heavy atom. The quantitative estimate of drug-likeness (QED) is 0.656. The van der Waals surface area contributed by atoms with E-state index in [2.05, 4.69) is 59.8 Å². The Labute approximate surface area is 134 Å². The Balaban J connectivity index is 1.85. The van der Waals surface area contributed by atoms with Crippen LogP contribution in [0.1, 0.15) is 39.3 Å². The number of hydrogen-bond donors (Lipinski definition) is 0. The molecule has 2 nitrogen and oxygen atoms in total. The molecular weight excluding hydrogens is 290 g/mol. The Morgan fingerprint density at radius 3 is 2.68 bits per heavy atom. The Morgan fingerprint density at radius 1 is 1.14 bits per heavy atom. The predicted octanol–water partition coefficient (Wildman–Crippen LogP) is 5.12. The molecule has 0 spiro atoms. The van der Waals surface area contributed by atoms with Crippen LogP contribution in [0.15, 0.2) is 52.3 Å². The lowest BCUT2D eigenvalue weighted by Crippen LogP contribution is -2.07. The van der Waals surface area contributed by atoms with Gasteiger partial charge in [0.15, 0.2) is 5.89 Å². The summed E-state index contributed by atoms with van der Waals surface area (Å²) < 4.78 is 5.86. The van der Waals surface area contributed by atoms with Crippen molar-refractivity contribution in [2.24, 2.45) is 0 Å². The fraction of sp³-hybridized carbons (Fsp3) is 0.211. The van der Waals surface area contributed by atoms with E-state index >= 15 is 0 Å². The summed E-state index contributed by atoms with van der Waals surface area (Å²) in [6.07, 6.45) is 3.24. The number of nitrogens with zero attached hydrogens (tertiary/aromatic N) is 1. The van der Waals surface area contributed by atoms with Crippen molar-refractivity contribution in [1.82, 2.24) is 4.98 Å². The highest BCUT2D eigenvalue weighted by molar-refractivity contribution is 7.10. The zero-order valence-corrected chi connectivity index (χ0v) is 13.5. The molecule has 1 atom stereocenters. The van der Waals surface area contributed by atoms with Gasteiger partial charge in [0.25, 0.3) is 0 Å². The highest BCUT2D eigenvalue weighted by Gasteiger charge is 2.26. The first-order valence-electron chi connectivity index (χ1n) is 7.49. The number of aromatic nitrogens is 1. The molecule has 22 heavy (non-hydrogen) atoms. The van der Waals surface area contributed by atoms with E-state index < -0.39 is 0 Å². The van der Waals surface area contributed by atoms with E-state index in [0.717, 1.165) is 23.8 Å². The molecule has 0 saturated heterocycles. The molecule has 1 aliphatic carbocycles. The number of benzene rings is 1. The summed E-state index contributed by atoms with van der Waals surface area (Å²) >= 11 is 1.80. The van der Waals surface area contributed by atoms with Crippen molar-refractivity contribution in [3.8, 4) is 0 Å². The Bertz CT molecular complexity index is 825. The van der Waals surface area contributed by atoms with E-state index in [4.69, 9.17) is 4.42 Å². The summed E-state index contributed by atoms with van der Waals surface area (Å²) in [6.45, 7) is 4.03. The second-order valence-corrected chi connectivity index (χ2v) is 6.76. The van der Waals surface area contributed by atoms with Gasteiger partial charge in [-0.2, -0.15) is 0 Å². The van der Waals surface area contributed by atoms with Gasteiger partial charge in [-0.1, -0.05) is 42.0 Å². The molecule has 4 rings (SSSR count). The number of allylic oxidation sites excluding steroid dienone is 1. The lowest BCUT2D eigenvalue weighted by molar-refractivity contribution is 0.466. The standard InChI is InChI=1S/C19H17NOS/c1-12-5-7-14(8-6-12)16-10-15(18-4-3-9-22-18)11-17-19(16)20-13(2)21-17/h3-10,15H,11H2,1-2H3. The van der Waals surface area contributed by atoms with Crippen LogP contribution in [0.3, 0.4) is 0 Å². The SMILES string of the molecule is Cc1ccc(C2=CC(c3cccs3)Cc3oc(C)nc32)cc1. The molecule has 2 heterocycles. The minimum Gasteiger partial charge on any atom is -0.445 e. The summed E-state index contributed by atoms with van der Waals surface area (Å²) in [5, 5.41) is 2.13.